The Balaban J connectivity index is 1.66. The lowest BCUT2D eigenvalue weighted by Gasteiger charge is -2.30. The van der Waals surface area contributed by atoms with Crippen LogP contribution in [0.3, 0.4) is 0 Å². The van der Waals surface area contributed by atoms with Crippen molar-refractivity contribution in [2.75, 3.05) is 19.3 Å². The summed E-state index contributed by atoms with van der Waals surface area (Å²) < 4.78 is 24.7. The van der Waals surface area contributed by atoms with E-state index in [4.69, 9.17) is 0 Å². The van der Waals surface area contributed by atoms with Crippen LogP contribution in [0.2, 0.25) is 0 Å². The van der Waals surface area contributed by atoms with Crippen molar-refractivity contribution in [2.45, 2.75) is 32.2 Å². The number of carbonyl (C=O) groups excluding carboxylic acids is 1. The van der Waals surface area contributed by atoms with Gasteiger partial charge in [-0.05, 0) is 42.2 Å². The lowest BCUT2D eigenvalue weighted by atomic mass is 9.96. The first-order valence-corrected chi connectivity index (χ1v) is 12.2. The Labute approximate surface area is 162 Å². The second kappa shape index (κ2) is 8.16. The minimum atomic E-state index is -3.18. The predicted molar refractivity (Wildman–Crippen MR) is 105 cm³/mol. The molecule has 2 aromatic rings. The molecule has 6 nitrogen and oxygen atoms in total. The maximum absolute atomic E-state index is 12.8. The molecule has 1 fully saturated rings. The fourth-order valence-electron chi connectivity index (χ4n) is 3.12. The van der Waals surface area contributed by atoms with Crippen molar-refractivity contribution in [1.82, 2.24) is 14.6 Å². The van der Waals surface area contributed by atoms with Crippen molar-refractivity contribution in [3.05, 3.63) is 38.5 Å². The monoisotopic (exact) mass is 413 g/mol. The molecule has 1 amide bonds. The summed E-state index contributed by atoms with van der Waals surface area (Å²) in [5, 5.41) is 10.2. The number of rotatable bonds is 6. The Hall–Kier alpha value is -1.29. The summed E-state index contributed by atoms with van der Waals surface area (Å²) >= 11 is 3.20. The van der Waals surface area contributed by atoms with Crippen LogP contribution >= 0.6 is 22.7 Å². The summed E-state index contributed by atoms with van der Waals surface area (Å²) in [5.74, 6) is -0.162. The van der Waals surface area contributed by atoms with Crippen LogP contribution in [-0.2, 0) is 21.2 Å². The van der Waals surface area contributed by atoms with Gasteiger partial charge in [0.2, 0.25) is 15.9 Å². The van der Waals surface area contributed by atoms with Gasteiger partial charge in [-0.15, -0.1) is 11.3 Å². The molecule has 9 heteroatoms. The number of thiophene rings is 1. The average Bonchev–Trinajstić information content (AvgIpc) is 3.25. The van der Waals surface area contributed by atoms with E-state index in [1.54, 1.807) is 22.7 Å². The van der Waals surface area contributed by atoms with Crippen LogP contribution in [0.4, 0.5) is 0 Å². The van der Waals surface area contributed by atoms with Crippen molar-refractivity contribution >= 4 is 38.6 Å². The Morgan fingerprint density at radius 1 is 1.38 bits per heavy atom. The Kier molecular flexibility index (Phi) is 6.11. The third kappa shape index (κ3) is 4.91. The first-order chi connectivity index (χ1) is 12.3. The predicted octanol–water partition coefficient (Wildman–Crippen LogP) is 2.58. The fourth-order valence-corrected chi connectivity index (χ4v) is 5.52. The second-order valence-corrected chi connectivity index (χ2v) is 10.3. The van der Waals surface area contributed by atoms with E-state index in [1.807, 2.05) is 17.7 Å². The number of sulfonamides is 1. The number of nitrogens with zero attached hydrogens (tertiary/aromatic N) is 2. The Morgan fingerprint density at radius 2 is 2.12 bits per heavy atom. The summed E-state index contributed by atoms with van der Waals surface area (Å²) in [7, 11) is -3.18. The van der Waals surface area contributed by atoms with Crippen LogP contribution in [0.5, 0.6) is 0 Å². The number of piperidine rings is 1. The maximum atomic E-state index is 12.8. The summed E-state index contributed by atoms with van der Waals surface area (Å²) in [6.07, 6.45) is 3.04. The third-order valence-electron chi connectivity index (χ3n) is 4.57. The zero-order valence-electron chi connectivity index (χ0n) is 14.8. The molecule has 1 saturated heterocycles. The quantitative estimate of drug-likeness (QED) is 0.789. The molecule has 0 spiro atoms. The van der Waals surface area contributed by atoms with E-state index in [2.05, 4.69) is 21.7 Å². The molecule has 1 unspecified atom stereocenters. The number of hydrogen-bond acceptors (Lipinski definition) is 6. The lowest BCUT2D eigenvalue weighted by molar-refractivity contribution is -0.126. The van der Waals surface area contributed by atoms with E-state index in [1.165, 1.54) is 16.1 Å². The van der Waals surface area contributed by atoms with E-state index < -0.39 is 10.0 Å². The van der Waals surface area contributed by atoms with Crippen molar-refractivity contribution in [2.24, 2.45) is 5.92 Å². The second-order valence-electron chi connectivity index (χ2n) is 6.66. The summed E-state index contributed by atoms with van der Waals surface area (Å²) in [6, 6.07) is 1.92. The smallest absolute Gasteiger partial charge is 0.223 e. The number of thiazole rings is 1. The van der Waals surface area contributed by atoms with Gasteiger partial charge in [0.1, 0.15) is 5.01 Å². The highest BCUT2D eigenvalue weighted by molar-refractivity contribution is 7.88. The molecule has 3 heterocycles. The van der Waals surface area contributed by atoms with Gasteiger partial charge >= 0.3 is 0 Å². The molecule has 142 valence electrons. The highest BCUT2D eigenvalue weighted by Crippen LogP contribution is 2.25. The van der Waals surface area contributed by atoms with Crippen LogP contribution in [0.1, 0.15) is 35.1 Å². The normalized spacial score (nSPS) is 17.9. The molecule has 1 atom stereocenters. The van der Waals surface area contributed by atoms with Crippen molar-refractivity contribution in [3.63, 3.8) is 0 Å². The molecule has 0 bridgehead atoms. The molecule has 1 N–H and O–H groups in total. The number of aromatic nitrogens is 1. The molecular formula is C17H23N3O3S3. The fraction of sp³-hybridized carbons (Fsp3) is 0.529. The highest BCUT2D eigenvalue weighted by Gasteiger charge is 2.30. The van der Waals surface area contributed by atoms with E-state index in [-0.39, 0.29) is 17.9 Å². The number of carbonyl (C=O) groups is 1. The first kappa shape index (κ1) is 19.5. The van der Waals surface area contributed by atoms with E-state index in [9.17, 15) is 13.2 Å². The minimum absolute atomic E-state index is 0.00812. The number of amides is 1. The van der Waals surface area contributed by atoms with E-state index in [0.717, 1.165) is 10.7 Å². The summed E-state index contributed by atoms with van der Waals surface area (Å²) in [4.78, 5) is 17.3. The molecule has 0 radical (unpaired) electrons. The average molecular weight is 414 g/mol. The highest BCUT2D eigenvalue weighted by atomic mass is 32.2. The Bertz CT molecular complexity index is 838. The van der Waals surface area contributed by atoms with E-state index in [0.29, 0.717) is 32.4 Å². The van der Waals surface area contributed by atoms with Crippen LogP contribution in [-0.4, -0.2) is 43.0 Å². The minimum Gasteiger partial charge on any atom is -0.346 e. The summed E-state index contributed by atoms with van der Waals surface area (Å²) in [6.45, 7) is 2.76. The van der Waals surface area contributed by atoms with Gasteiger partial charge < -0.3 is 5.32 Å². The largest absolute Gasteiger partial charge is 0.346 e. The van der Waals surface area contributed by atoms with Crippen molar-refractivity contribution in [1.29, 1.82) is 0 Å². The number of aryl methyl sites for hydroxylation is 1. The molecule has 2 aromatic heterocycles. The Morgan fingerprint density at radius 3 is 2.65 bits per heavy atom. The van der Waals surface area contributed by atoms with Crippen molar-refractivity contribution < 1.29 is 13.2 Å². The molecular weight excluding hydrogens is 390 g/mol. The zero-order valence-corrected chi connectivity index (χ0v) is 17.3. The molecule has 1 aliphatic rings. The van der Waals surface area contributed by atoms with Gasteiger partial charge in [0, 0.05) is 36.5 Å². The molecule has 26 heavy (non-hydrogen) atoms. The first-order valence-electron chi connectivity index (χ1n) is 8.51. The van der Waals surface area contributed by atoms with Gasteiger partial charge in [-0.2, -0.15) is 11.3 Å². The lowest BCUT2D eigenvalue weighted by Crippen LogP contribution is -2.43. The van der Waals surface area contributed by atoms with Gasteiger partial charge in [0.25, 0.3) is 0 Å². The standard InChI is InChI=1S/C17H23N3O3S3/c1-12-10-25-17(18-12)15(9-13-5-8-24-11-13)19-16(21)14-3-6-20(7-4-14)26(2,22)23/h5,8,10-11,14-15H,3-4,6-7,9H2,1-2H3,(H,19,21). The number of nitrogens with one attached hydrogen (secondary N) is 1. The van der Waals surface area contributed by atoms with E-state index >= 15 is 0 Å². The van der Waals surface area contributed by atoms with Gasteiger partial charge in [0.15, 0.2) is 0 Å². The zero-order chi connectivity index (χ0) is 18.7. The molecule has 1 aliphatic heterocycles. The van der Waals surface area contributed by atoms with Gasteiger partial charge in [0.05, 0.1) is 12.3 Å². The SMILES string of the molecule is Cc1csc(C(Cc2ccsc2)NC(=O)C2CCN(S(C)(=O)=O)CC2)n1. The van der Waals surface area contributed by atoms with Gasteiger partial charge in [-0.25, -0.2) is 17.7 Å². The third-order valence-corrected chi connectivity index (χ3v) is 7.68. The maximum Gasteiger partial charge on any atom is 0.223 e. The van der Waals surface area contributed by atoms with Crippen LogP contribution in [0.15, 0.2) is 22.2 Å². The van der Waals surface area contributed by atoms with Crippen LogP contribution < -0.4 is 5.32 Å². The van der Waals surface area contributed by atoms with Crippen LogP contribution in [0.25, 0.3) is 0 Å². The van der Waals surface area contributed by atoms with Crippen LogP contribution in [0, 0.1) is 12.8 Å². The number of hydrogen-bond donors (Lipinski definition) is 1. The van der Waals surface area contributed by atoms with Gasteiger partial charge in [-0.1, -0.05) is 0 Å². The molecule has 3 rings (SSSR count). The molecule has 0 aliphatic carbocycles. The topological polar surface area (TPSA) is 79.4 Å². The molecule has 0 saturated carbocycles. The van der Waals surface area contributed by atoms with Crippen molar-refractivity contribution in [3.8, 4) is 0 Å². The molecule has 0 aromatic carbocycles. The van der Waals surface area contributed by atoms with Gasteiger partial charge in [-0.3, -0.25) is 4.79 Å². The summed E-state index contributed by atoms with van der Waals surface area (Å²) in [5.41, 5.74) is 2.14.